The monoisotopic (exact) mass is 626 g/mol. The predicted octanol–water partition coefficient (Wildman–Crippen LogP) is 11.3. The predicted molar refractivity (Wildman–Crippen MR) is 202 cm³/mol. The van der Waals surface area contributed by atoms with Gasteiger partial charge in [-0.2, -0.15) is 10.5 Å². The summed E-state index contributed by atoms with van der Waals surface area (Å²) in [4.78, 5) is 0. The standard InChI is InChI=1S/C45H30N4/c1-3-13-34(29-47)45-30(2)48(44-23-11-7-19-39(44)45)41-20-8-6-18-38(41)40-27-32(24-25-33(40)28-46)31-14-12-15-35(26-31)49-42-21-9-4-16-36(42)37-17-5-10-22-43(37)49/h3-27H,1H2,2H3/b34-13-. The zero-order chi connectivity index (χ0) is 33.5. The summed E-state index contributed by atoms with van der Waals surface area (Å²) in [7, 11) is 0. The SMILES string of the molecule is C=C/C=C(/C#N)c1c(C)n(-c2ccccc2-c2cc(-c3cccc(-n4c5ccccc5c5ccccc54)c3)ccc2C#N)c2ccccc12. The van der Waals surface area contributed by atoms with Crippen molar-refractivity contribution in [2.45, 2.75) is 6.92 Å². The molecule has 0 unspecified atom stereocenters. The zero-order valence-corrected chi connectivity index (χ0v) is 26.9. The van der Waals surface area contributed by atoms with Crippen molar-refractivity contribution >= 4 is 38.3 Å². The van der Waals surface area contributed by atoms with E-state index in [-0.39, 0.29) is 0 Å². The molecule has 6 aromatic carbocycles. The molecule has 0 saturated carbocycles. The van der Waals surface area contributed by atoms with Gasteiger partial charge in [0.15, 0.2) is 0 Å². The van der Waals surface area contributed by atoms with Gasteiger partial charge in [0, 0.05) is 44.2 Å². The van der Waals surface area contributed by atoms with Gasteiger partial charge < -0.3 is 9.13 Å². The number of nitrogens with zero attached hydrogens (tertiary/aromatic N) is 4. The van der Waals surface area contributed by atoms with Gasteiger partial charge in [0.2, 0.25) is 0 Å². The minimum absolute atomic E-state index is 0.558. The highest BCUT2D eigenvalue weighted by Gasteiger charge is 2.21. The van der Waals surface area contributed by atoms with Crippen LogP contribution < -0.4 is 0 Å². The summed E-state index contributed by atoms with van der Waals surface area (Å²) in [6.45, 7) is 5.88. The van der Waals surface area contributed by atoms with Crippen molar-refractivity contribution in [2.24, 2.45) is 0 Å². The second kappa shape index (κ2) is 12.0. The number of aromatic nitrogens is 2. The van der Waals surface area contributed by atoms with Crippen LogP contribution in [0.15, 0.2) is 158 Å². The van der Waals surface area contributed by atoms with E-state index < -0.39 is 0 Å². The molecule has 0 fully saturated rings. The molecule has 0 spiro atoms. The minimum atomic E-state index is 0.558. The third-order valence-corrected chi connectivity index (χ3v) is 9.38. The second-order valence-corrected chi connectivity index (χ2v) is 12.1. The van der Waals surface area contributed by atoms with Crippen LogP contribution in [-0.4, -0.2) is 9.13 Å². The van der Waals surface area contributed by atoms with E-state index in [0.29, 0.717) is 11.1 Å². The summed E-state index contributed by atoms with van der Waals surface area (Å²) in [5.74, 6) is 0. The number of nitriles is 2. The maximum atomic E-state index is 10.4. The molecule has 0 radical (unpaired) electrons. The maximum Gasteiger partial charge on any atom is 0.0998 e. The first-order chi connectivity index (χ1) is 24.1. The topological polar surface area (TPSA) is 57.4 Å². The molecular weight excluding hydrogens is 597 g/mol. The Morgan fingerprint density at radius 2 is 1.22 bits per heavy atom. The molecule has 0 N–H and O–H groups in total. The van der Waals surface area contributed by atoms with Gasteiger partial charge in [-0.05, 0) is 72.7 Å². The van der Waals surface area contributed by atoms with Gasteiger partial charge in [0.1, 0.15) is 0 Å². The summed E-state index contributed by atoms with van der Waals surface area (Å²) >= 11 is 0. The fourth-order valence-corrected chi connectivity index (χ4v) is 7.28. The van der Waals surface area contributed by atoms with Crippen molar-refractivity contribution in [1.82, 2.24) is 9.13 Å². The molecule has 4 nitrogen and oxygen atoms in total. The Hall–Kier alpha value is -6.88. The number of fused-ring (bicyclic) bond motifs is 4. The number of rotatable bonds is 6. The summed E-state index contributed by atoms with van der Waals surface area (Å²) in [5, 5.41) is 23.9. The minimum Gasteiger partial charge on any atom is -0.313 e. The summed E-state index contributed by atoms with van der Waals surface area (Å²) in [6, 6.07) is 52.9. The van der Waals surface area contributed by atoms with Crippen molar-refractivity contribution in [3.05, 3.63) is 175 Å². The van der Waals surface area contributed by atoms with E-state index >= 15 is 0 Å². The highest BCUT2D eigenvalue weighted by Crippen LogP contribution is 2.39. The number of para-hydroxylation sites is 4. The van der Waals surface area contributed by atoms with Gasteiger partial charge in [-0.3, -0.25) is 0 Å². The maximum absolute atomic E-state index is 10.4. The van der Waals surface area contributed by atoms with E-state index in [0.717, 1.165) is 66.8 Å². The van der Waals surface area contributed by atoms with Gasteiger partial charge in [-0.25, -0.2) is 0 Å². The van der Waals surface area contributed by atoms with Gasteiger partial charge in [-0.15, -0.1) is 0 Å². The Balaban J connectivity index is 1.31. The van der Waals surface area contributed by atoms with Crippen molar-refractivity contribution in [3.63, 3.8) is 0 Å². The lowest BCUT2D eigenvalue weighted by atomic mass is 9.93. The molecule has 8 aromatic rings. The Bertz CT molecular complexity index is 2670. The van der Waals surface area contributed by atoms with Gasteiger partial charge >= 0.3 is 0 Å². The molecule has 2 heterocycles. The fourth-order valence-electron chi connectivity index (χ4n) is 7.28. The molecule has 4 heteroatoms. The Morgan fingerprint density at radius 1 is 0.612 bits per heavy atom. The number of allylic oxidation sites excluding steroid dienone is 3. The fraction of sp³-hybridized carbons (Fsp3) is 0.0222. The van der Waals surface area contributed by atoms with Crippen LogP contribution in [0.4, 0.5) is 0 Å². The average Bonchev–Trinajstić information content (AvgIpc) is 3.65. The molecular formula is C45H30N4. The normalized spacial score (nSPS) is 11.5. The van der Waals surface area contributed by atoms with Gasteiger partial charge in [-0.1, -0.05) is 104 Å². The van der Waals surface area contributed by atoms with Crippen LogP contribution in [0.3, 0.4) is 0 Å². The first-order valence-corrected chi connectivity index (χ1v) is 16.2. The smallest absolute Gasteiger partial charge is 0.0998 e. The Labute approximate surface area is 285 Å². The van der Waals surface area contributed by atoms with Crippen LogP contribution in [0, 0.1) is 29.6 Å². The molecule has 49 heavy (non-hydrogen) atoms. The lowest BCUT2D eigenvalue weighted by Gasteiger charge is -2.17. The number of hydrogen-bond donors (Lipinski definition) is 0. The molecule has 0 atom stereocenters. The average molecular weight is 627 g/mol. The quantitative estimate of drug-likeness (QED) is 0.136. The van der Waals surface area contributed by atoms with E-state index in [9.17, 15) is 10.5 Å². The molecule has 0 aliphatic heterocycles. The molecule has 0 saturated heterocycles. The van der Waals surface area contributed by atoms with Crippen molar-refractivity contribution in [1.29, 1.82) is 10.5 Å². The third kappa shape index (κ3) is 4.75. The van der Waals surface area contributed by atoms with E-state index in [2.05, 4.69) is 131 Å². The molecule has 0 bridgehead atoms. The highest BCUT2D eigenvalue weighted by atomic mass is 15.0. The van der Waals surface area contributed by atoms with E-state index in [1.165, 1.54) is 10.8 Å². The number of benzene rings is 6. The van der Waals surface area contributed by atoms with E-state index in [4.69, 9.17) is 0 Å². The van der Waals surface area contributed by atoms with Crippen LogP contribution in [-0.2, 0) is 0 Å². The van der Waals surface area contributed by atoms with Gasteiger partial charge in [0.05, 0.1) is 45.5 Å². The van der Waals surface area contributed by atoms with Crippen LogP contribution in [0.25, 0.3) is 71.9 Å². The molecule has 0 amide bonds. The molecule has 0 aliphatic rings. The summed E-state index contributed by atoms with van der Waals surface area (Å²) < 4.78 is 4.52. The summed E-state index contributed by atoms with van der Waals surface area (Å²) in [6.07, 6.45) is 3.41. The molecule has 0 aliphatic carbocycles. The lowest BCUT2D eigenvalue weighted by Crippen LogP contribution is -2.01. The zero-order valence-electron chi connectivity index (χ0n) is 26.9. The Kier molecular flexibility index (Phi) is 7.26. The highest BCUT2D eigenvalue weighted by molar-refractivity contribution is 6.09. The van der Waals surface area contributed by atoms with E-state index in [1.54, 1.807) is 12.2 Å². The lowest BCUT2D eigenvalue weighted by molar-refractivity contribution is 1.05. The van der Waals surface area contributed by atoms with Crippen LogP contribution in [0.2, 0.25) is 0 Å². The van der Waals surface area contributed by atoms with Crippen LogP contribution >= 0.6 is 0 Å². The second-order valence-electron chi connectivity index (χ2n) is 12.1. The van der Waals surface area contributed by atoms with Crippen molar-refractivity contribution < 1.29 is 0 Å². The van der Waals surface area contributed by atoms with Gasteiger partial charge in [0.25, 0.3) is 0 Å². The first kappa shape index (κ1) is 29.5. The summed E-state index contributed by atoms with van der Waals surface area (Å²) in [5.41, 5.74) is 12.1. The molecule has 8 rings (SSSR count). The number of hydrogen-bond acceptors (Lipinski definition) is 2. The van der Waals surface area contributed by atoms with Crippen LogP contribution in [0.1, 0.15) is 16.8 Å². The third-order valence-electron chi connectivity index (χ3n) is 9.38. The largest absolute Gasteiger partial charge is 0.313 e. The first-order valence-electron chi connectivity index (χ1n) is 16.2. The Morgan fingerprint density at radius 3 is 1.90 bits per heavy atom. The van der Waals surface area contributed by atoms with E-state index in [1.807, 2.05) is 43.3 Å². The van der Waals surface area contributed by atoms with Crippen LogP contribution in [0.5, 0.6) is 0 Å². The molecule has 2 aromatic heterocycles. The van der Waals surface area contributed by atoms with Crippen molar-refractivity contribution in [2.75, 3.05) is 0 Å². The molecule has 230 valence electrons. The van der Waals surface area contributed by atoms with Crippen molar-refractivity contribution in [3.8, 4) is 45.8 Å².